The Hall–Kier alpha value is -1.24. The fourth-order valence-electron chi connectivity index (χ4n) is 11.5. The first-order valence-corrected chi connectivity index (χ1v) is 50.0. The minimum absolute atomic E-state index is 0.0693. The maximum absolute atomic E-state index is 15.2. The molecule has 2 heterocycles. The van der Waals surface area contributed by atoms with Crippen LogP contribution >= 0.6 is 0 Å². The normalized spacial score (nSPS) is 23.0. The summed E-state index contributed by atoms with van der Waals surface area (Å²) in [5.74, 6) is -0.151. The molecule has 530 valence electrons. The van der Waals surface area contributed by atoms with Crippen molar-refractivity contribution < 1.29 is 50.7 Å². The molecule has 0 bridgehead atoms. The topological polar surface area (TPSA) is 117 Å². The molecule has 16 heteroatoms. The van der Waals surface area contributed by atoms with Crippen LogP contribution < -0.4 is 0 Å². The number of carbonyl (C=O) groups excluding carboxylic acids is 2. The Bertz CT molecular complexity index is 2340. The molecule has 91 heavy (non-hydrogen) atoms. The van der Waals surface area contributed by atoms with E-state index in [1.54, 1.807) is 0 Å². The van der Waals surface area contributed by atoms with Crippen LogP contribution in [-0.4, -0.2) is 128 Å². The Morgan fingerprint density at radius 2 is 1.21 bits per heavy atom. The van der Waals surface area contributed by atoms with E-state index in [2.05, 4.69) is 229 Å². The third kappa shape index (κ3) is 25.5. The molecule has 2 saturated heterocycles. The molecule has 0 spiro atoms. The lowest BCUT2D eigenvalue weighted by Gasteiger charge is -2.47. The summed E-state index contributed by atoms with van der Waals surface area (Å²) in [7, 11) is -11.5. The molecule has 0 aromatic carbocycles. The Morgan fingerprint density at radius 1 is 0.681 bits per heavy atom. The smallest absolute Gasteiger partial charge is 0.193 e. The molecule has 11 nitrogen and oxygen atoms in total. The van der Waals surface area contributed by atoms with Crippen LogP contribution in [0.1, 0.15) is 223 Å². The minimum atomic E-state index is -2.46. The van der Waals surface area contributed by atoms with Crippen LogP contribution in [0.4, 0.5) is 0 Å². The molecule has 2 fully saturated rings. The van der Waals surface area contributed by atoms with Gasteiger partial charge in [-0.05, 0) is 186 Å². The lowest BCUT2D eigenvalue weighted by molar-refractivity contribution is -0.171. The first kappa shape index (κ1) is 85.9. The van der Waals surface area contributed by atoms with Gasteiger partial charge < -0.3 is 45.9 Å². The van der Waals surface area contributed by atoms with Crippen molar-refractivity contribution in [3.8, 4) is 0 Å². The molecule has 0 radical (unpaired) electrons. The maximum atomic E-state index is 15.2. The third-order valence-electron chi connectivity index (χ3n) is 22.6. The molecule has 0 aromatic heterocycles. The van der Waals surface area contributed by atoms with E-state index in [1.165, 1.54) is 0 Å². The van der Waals surface area contributed by atoms with Crippen LogP contribution in [0.5, 0.6) is 0 Å². The number of hydrogen-bond donors (Lipinski definition) is 0. The maximum Gasteiger partial charge on any atom is 0.193 e. The lowest BCUT2D eigenvalue weighted by Crippen LogP contribution is -2.55. The molecule has 0 aliphatic carbocycles. The first-order valence-electron chi connectivity index (χ1n) is 35.9. The summed E-state index contributed by atoms with van der Waals surface area (Å²) in [5.41, 5.74) is 4.20. The summed E-state index contributed by atoms with van der Waals surface area (Å²) in [6.45, 7) is 79.5. The summed E-state index contributed by atoms with van der Waals surface area (Å²) in [6.07, 6.45) is 14.1. The number of carbonyl (C=O) groups is 2. The molecule has 0 saturated carbocycles. The van der Waals surface area contributed by atoms with Crippen molar-refractivity contribution in [2.45, 2.75) is 381 Å². The monoisotopic (exact) mass is 1360 g/mol. The number of allylic oxidation sites excluding steroid dienone is 2. The van der Waals surface area contributed by atoms with E-state index >= 15 is 4.79 Å². The number of unbranched alkanes of at least 4 members (excludes halogenated alkanes) is 1. The average molecular weight is 1360 g/mol. The Labute approximate surface area is 566 Å². The van der Waals surface area contributed by atoms with Crippen LogP contribution in [0.25, 0.3) is 0 Å². The summed E-state index contributed by atoms with van der Waals surface area (Å²) >= 11 is 0. The van der Waals surface area contributed by atoms with Crippen molar-refractivity contribution in [2.24, 2.45) is 17.8 Å². The zero-order valence-corrected chi connectivity index (χ0v) is 69.8. The number of rotatable bonds is 40. The van der Waals surface area contributed by atoms with Gasteiger partial charge in [0.1, 0.15) is 18.2 Å². The van der Waals surface area contributed by atoms with Crippen molar-refractivity contribution in [1.29, 1.82) is 0 Å². The molecule has 1 unspecified atom stereocenters. The molecule has 2 aliphatic heterocycles. The fourth-order valence-corrected chi connectivity index (χ4v) is 19.5. The van der Waals surface area contributed by atoms with E-state index in [4.69, 9.17) is 47.7 Å². The second kappa shape index (κ2) is 36.0. The molecular formula is C75H144O11Si5. The van der Waals surface area contributed by atoms with Gasteiger partial charge >= 0.3 is 0 Å². The quantitative estimate of drug-likeness (QED) is 0.0192. The van der Waals surface area contributed by atoms with Crippen LogP contribution in [0.3, 0.4) is 0 Å². The van der Waals surface area contributed by atoms with E-state index in [0.717, 1.165) is 85.2 Å². The molecular weight excluding hydrogens is 1220 g/mol. The number of ether oxygens (including phenoxy) is 4. The van der Waals surface area contributed by atoms with Crippen molar-refractivity contribution in [1.82, 2.24) is 0 Å². The van der Waals surface area contributed by atoms with Crippen molar-refractivity contribution in [3.05, 3.63) is 59.8 Å². The van der Waals surface area contributed by atoms with Gasteiger partial charge in [-0.25, -0.2) is 0 Å². The van der Waals surface area contributed by atoms with E-state index in [0.29, 0.717) is 25.9 Å². The summed E-state index contributed by atoms with van der Waals surface area (Å²) in [4.78, 5) is 27.1. The second-order valence-corrected chi connectivity index (χ2v) is 57.7. The van der Waals surface area contributed by atoms with E-state index in [1.807, 2.05) is 13.8 Å². The van der Waals surface area contributed by atoms with Crippen LogP contribution in [-0.2, 0) is 50.7 Å². The predicted octanol–water partition coefficient (Wildman–Crippen LogP) is 21.4. The lowest BCUT2D eigenvalue weighted by atomic mass is 9.86. The average Bonchev–Trinajstić information content (AvgIpc) is 1.77. The highest BCUT2D eigenvalue weighted by Crippen LogP contribution is 2.46. The summed E-state index contributed by atoms with van der Waals surface area (Å²) in [6, 6.07) is 3.12. The van der Waals surface area contributed by atoms with Gasteiger partial charge in [0, 0.05) is 31.3 Å². The van der Waals surface area contributed by atoms with Crippen molar-refractivity contribution >= 4 is 53.7 Å². The van der Waals surface area contributed by atoms with Gasteiger partial charge in [0.25, 0.3) is 0 Å². The highest BCUT2D eigenvalue weighted by Gasteiger charge is 2.51. The number of ketones is 1. The van der Waals surface area contributed by atoms with Crippen molar-refractivity contribution in [2.75, 3.05) is 6.61 Å². The van der Waals surface area contributed by atoms with Gasteiger partial charge in [0.15, 0.2) is 47.9 Å². The van der Waals surface area contributed by atoms with E-state index < -0.39 is 66.2 Å². The Morgan fingerprint density at radius 3 is 1.71 bits per heavy atom. The van der Waals surface area contributed by atoms with Crippen molar-refractivity contribution in [3.63, 3.8) is 0 Å². The second-order valence-electron chi connectivity index (χ2n) is 34.0. The molecule has 2 rings (SSSR count). The zero-order chi connectivity index (χ0) is 70.3. The van der Waals surface area contributed by atoms with Gasteiger partial charge in [0.2, 0.25) is 0 Å². The van der Waals surface area contributed by atoms with Crippen LogP contribution in [0, 0.1) is 17.8 Å². The standard InChI is InChI=1S/C75H144O11Si5/c1-34-39-41-53(6)69(84-88(28,29)73(17,18)19)54(7)42-40-43-66(83-91(36-3,37-4)38-5)65-45-44-61(80-65)51-62(79-60(13)78-35-2)49-56(9)63(77)52-67(82-87(26,27)72(14,15)16)59(12)55(8)48-58(11)70(85-89(30,31)74(20,21)22)71(86-90(32,33)75(23,24)25)68-50-57(10)64(81-68)46-47-76/h40,42-43,47-48,56-57,59-62,64-71H,6,11,34-39,41,44-46,49-52H2,1-5,7-10,12-33H3/b43-40+,54-42+,55-48+/t56-,57+,59+,60?,61+,62-,64-,65+,66+,67-,68+,69-,70+,71-/m0/s1. The van der Waals surface area contributed by atoms with E-state index in [9.17, 15) is 4.79 Å². The molecule has 0 aromatic rings. The van der Waals surface area contributed by atoms with Gasteiger partial charge in [-0.15, -0.1) is 0 Å². The summed E-state index contributed by atoms with van der Waals surface area (Å²) in [5, 5.41) is -0.217. The fraction of sp³-hybridized carbons (Fsp3) is 0.840. The third-order valence-corrected chi connectivity index (χ3v) is 45.1. The van der Waals surface area contributed by atoms with Crippen LogP contribution in [0.15, 0.2) is 59.8 Å². The predicted molar refractivity (Wildman–Crippen MR) is 399 cm³/mol. The number of hydrogen-bond acceptors (Lipinski definition) is 11. The SMILES string of the molecule is C=C(/C=C(\C)[C@@H](C)[C@H](CC(=O)[C@@H](C)C[C@@H](C[C@H]1CC[C@H]([C@@H](/C=C/C=C(\C)[C@@H](O[Si](C)(C)C(C)(C)C)C(=C)CCCC)O[Si](CC)(CC)CC)O1)OC(C)OCC)O[Si](C)(C)C(C)(C)C)[C@@H](O[Si](C)(C)C(C)(C)C)[C@@H](O[Si](C)(C)C(C)(C)C)[C@H]1C[C@@H](C)[C@H](CC=O)O1. The zero-order valence-electron chi connectivity index (χ0n) is 64.8. The highest BCUT2D eigenvalue weighted by atomic mass is 28.4. The molecule has 2 aliphatic rings. The molecule has 14 atom stereocenters. The largest absolute Gasteiger partial charge is 0.413 e. The van der Waals surface area contributed by atoms with Gasteiger partial charge in [-0.1, -0.05) is 181 Å². The minimum Gasteiger partial charge on any atom is -0.413 e. The summed E-state index contributed by atoms with van der Waals surface area (Å²) < 4.78 is 63.8. The van der Waals surface area contributed by atoms with Gasteiger partial charge in [0.05, 0.1) is 54.9 Å². The van der Waals surface area contributed by atoms with Gasteiger partial charge in [-0.2, -0.15) is 0 Å². The molecule has 0 N–H and O–H groups in total. The number of aldehydes is 1. The first-order chi connectivity index (χ1) is 41.5. The number of Topliss-reactive ketones (excluding diaryl/α,β-unsaturated/α-hetero) is 1. The Balaban J connectivity index is 2.68. The molecule has 0 amide bonds. The van der Waals surface area contributed by atoms with Gasteiger partial charge in [-0.3, -0.25) is 4.79 Å². The van der Waals surface area contributed by atoms with E-state index in [-0.39, 0.29) is 92.8 Å². The van der Waals surface area contributed by atoms with Crippen LogP contribution in [0.2, 0.25) is 90.7 Å². The highest BCUT2D eigenvalue weighted by molar-refractivity contribution is 6.75. The Kier molecular flexibility index (Phi) is 34.0.